The Morgan fingerprint density at radius 2 is 2.06 bits per heavy atom. The van der Waals surface area contributed by atoms with E-state index in [-0.39, 0.29) is 5.82 Å². The van der Waals surface area contributed by atoms with Crippen LogP contribution in [0.25, 0.3) is 0 Å². The van der Waals surface area contributed by atoms with Crippen LogP contribution in [0, 0.1) is 5.82 Å². The van der Waals surface area contributed by atoms with Gasteiger partial charge in [-0.3, -0.25) is 9.11 Å². The van der Waals surface area contributed by atoms with Gasteiger partial charge in [-0.15, -0.1) is 0 Å². The highest BCUT2D eigenvalue weighted by molar-refractivity contribution is 9.10. The van der Waals surface area contributed by atoms with E-state index in [9.17, 15) is 8.60 Å². The van der Waals surface area contributed by atoms with Gasteiger partial charge in [0.15, 0.2) is 0 Å². The summed E-state index contributed by atoms with van der Waals surface area (Å²) in [4.78, 5) is 2.21. The standard InChI is InChI=1S/C11H13BrFNOS/c12-11-2-1-10(13)7-9(11)8-14-3-5-16(15)6-4-14/h1-2,7H,3-6,8H2. The van der Waals surface area contributed by atoms with Crippen LogP contribution >= 0.6 is 15.9 Å². The van der Waals surface area contributed by atoms with Gasteiger partial charge >= 0.3 is 0 Å². The molecule has 88 valence electrons. The van der Waals surface area contributed by atoms with Crippen LogP contribution in [0.15, 0.2) is 22.7 Å². The highest BCUT2D eigenvalue weighted by Crippen LogP contribution is 2.20. The fourth-order valence-corrected chi connectivity index (χ4v) is 3.24. The Morgan fingerprint density at radius 1 is 1.38 bits per heavy atom. The van der Waals surface area contributed by atoms with Crippen molar-refractivity contribution in [2.24, 2.45) is 0 Å². The van der Waals surface area contributed by atoms with E-state index in [4.69, 9.17) is 0 Å². The molecule has 5 heteroatoms. The molecule has 0 amide bonds. The highest BCUT2D eigenvalue weighted by atomic mass is 79.9. The molecular formula is C11H13BrFNOS. The van der Waals surface area contributed by atoms with E-state index in [2.05, 4.69) is 20.8 Å². The minimum absolute atomic E-state index is 0.209. The normalized spacial score (nSPS) is 18.9. The van der Waals surface area contributed by atoms with Gasteiger partial charge in [0, 0.05) is 46.4 Å². The first-order valence-electron chi connectivity index (χ1n) is 5.16. The molecule has 1 saturated heterocycles. The molecule has 2 nitrogen and oxygen atoms in total. The third-order valence-electron chi connectivity index (χ3n) is 2.67. The second-order valence-corrected chi connectivity index (χ2v) is 6.41. The number of hydrogen-bond donors (Lipinski definition) is 0. The maximum absolute atomic E-state index is 13.1. The molecule has 1 aliphatic heterocycles. The summed E-state index contributed by atoms with van der Waals surface area (Å²) in [6, 6.07) is 4.72. The Hall–Kier alpha value is -0.260. The molecule has 1 aromatic rings. The molecule has 0 spiro atoms. The van der Waals surface area contributed by atoms with Crippen LogP contribution in [-0.4, -0.2) is 33.7 Å². The lowest BCUT2D eigenvalue weighted by Gasteiger charge is -2.26. The average Bonchev–Trinajstić information content (AvgIpc) is 2.27. The van der Waals surface area contributed by atoms with E-state index < -0.39 is 10.8 Å². The number of nitrogens with zero attached hydrogens (tertiary/aromatic N) is 1. The van der Waals surface area contributed by atoms with Gasteiger partial charge in [-0.2, -0.15) is 0 Å². The summed E-state index contributed by atoms with van der Waals surface area (Å²) < 4.78 is 25.2. The van der Waals surface area contributed by atoms with Crippen molar-refractivity contribution in [1.29, 1.82) is 0 Å². The molecule has 0 N–H and O–H groups in total. The molecule has 1 aliphatic rings. The second kappa shape index (κ2) is 5.38. The Kier molecular flexibility index (Phi) is 4.10. The van der Waals surface area contributed by atoms with Gasteiger partial charge in [0.2, 0.25) is 0 Å². The van der Waals surface area contributed by atoms with Crippen molar-refractivity contribution >= 4 is 26.7 Å². The van der Waals surface area contributed by atoms with E-state index in [1.807, 2.05) is 0 Å². The van der Waals surface area contributed by atoms with Crippen molar-refractivity contribution in [1.82, 2.24) is 4.90 Å². The van der Waals surface area contributed by atoms with E-state index in [0.717, 1.165) is 41.2 Å². The average molecular weight is 306 g/mol. The molecule has 1 fully saturated rings. The molecule has 1 heterocycles. The van der Waals surface area contributed by atoms with Crippen molar-refractivity contribution in [3.63, 3.8) is 0 Å². The molecule has 0 unspecified atom stereocenters. The fourth-order valence-electron chi connectivity index (χ4n) is 1.74. The van der Waals surface area contributed by atoms with E-state index in [0.29, 0.717) is 0 Å². The zero-order chi connectivity index (χ0) is 11.5. The quantitative estimate of drug-likeness (QED) is 0.834. The van der Waals surface area contributed by atoms with Crippen LogP contribution in [0.5, 0.6) is 0 Å². The van der Waals surface area contributed by atoms with Gasteiger partial charge in [-0.25, -0.2) is 4.39 Å². The van der Waals surface area contributed by atoms with Crippen molar-refractivity contribution in [2.45, 2.75) is 6.54 Å². The Bertz CT molecular complexity index is 403. The summed E-state index contributed by atoms with van der Waals surface area (Å²) in [5.74, 6) is 1.25. The monoisotopic (exact) mass is 305 g/mol. The van der Waals surface area contributed by atoms with Crippen molar-refractivity contribution in [3.05, 3.63) is 34.1 Å². The van der Waals surface area contributed by atoms with Crippen LogP contribution in [-0.2, 0) is 17.3 Å². The molecule has 2 rings (SSSR count). The highest BCUT2D eigenvalue weighted by Gasteiger charge is 2.16. The summed E-state index contributed by atoms with van der Waals surface area (Å²) >= 11 is 3.42. The third kappa shape index (κ3) is 3.12. The van der Waals surface area contributed by atoms with Gasteiger partial charge in [0.25, 0.3) is 0 Å². The van der Waals surface area contributed by atoms with Gasteiger partial charge in [-0.05, 0) is 23.8 Å². The topological polar surface area (TPSA) is 20.3 Å². The Labute approximate surface area is 105 Å². The number of hydrogen-bond acceptors (Lipinski definition) is 2. The van der Waals surface area contributed by atoms with Crippen LogP contribution in [0.2, 0.25) is 0 Å². The molecular weight excluding hydrogens is 293 g/mol. The Balaban J connectivity index is 2.03. The summed E-state index contributed by atoms with van der Waals surface area (Å²) in [7, 11) is -0.656. The second-order valence-electron chi connectivity index (χ2n) is 3.86. The Morgan fingerprint density at radius 3 is 2.75 bits per heavy atom. The number of halogens is 2. The van der Waals surface area contributed by atoms with Crippen molar-refractivity contribution in [3.8, 4) is 0 Å². The van der Waals surface area contributed by atoms with Gasteiger partial charge in [-0.1, -0.05) is 15.9 Å². The largest absolute Gasteiger partial charge is 0.297 e. The van der Waals surface area contributed by atoms with Crippen LogP contribution in [0.1, 0.15) is 5.56 Å². The van der Waals surface area contributed by atoms with Crippen LogP contribution < -0.4 is 0 Å². The molecule has 0 aromatic heterocycles. The molecule has 1 aromatic carbocycles. The van der Waals surface area contributed by atoms with Gasteiger partial charge in [0.05, 0.1) is 0 Å². The maximum Gasteiger partial charge on any atom is 0.123 e. The van der Waals surface area contributed by atoms with E-state index in [1.54, 1.807) is 12.1 Å². The lowest BCUT2D eigenvalue weighted by molar-refractivity contribution is 0.290. The molecule has 16 heavy (non-hydrogen) atoms. The van der Waals surface area contributed by atoms with E-state index in [1.165, 1.54) is 6.07 Å². The molecule has 0 atom stereocenters. The summed E-state index contributed by atoms with van der Waals surface area (Å²) in [6.07, 6.45) is 0. The number of benzene rings is 1. The maximum atomic E-state index is 13.1. The van der Waals surface area contributed by atoms with Crippen molar-refractivity contribution < 1.29 is 8.60 Å². The van der Waals surface area contributed by atoms with Crippen LogP contribution in [0.4, 0.5) is 4.39 Å². The van der Waals surface area contributed by atoms with Gasteiger partial charge < -0.3 is 0 Å². The predicted molar refractivity (Wildman–Crippen MR) is 67.3 cm³/mol. The first-order valence-corrected chi connectivity index (χ1v) is 7.44. The van der Waals surface area contributed by atoms with Gasteiger partial charge in [0.1, 0.15) is 5.82 Å². The predicted octanol–water partition coefficient (Wildman–Crippen LogP) is 2.15. The third-order valence-corrected chi connectivity index (χ3v) is 4.72. The SMILES string of the molecule is O=S1CCN(Cc2cc(F)ccc2Br)CC1. The number of rotatable bonds is 2. The molecule has 0 saturated carbocycles. The molecule has 0 radical (unpaired) electrons. The van der Waals surface area contributed by atoms with Crippen molar-refractivity contribution in [2.75, 3.05) is 24.6 Å². The lowest BCUT2D eigenvalue weighted by Crippen LogP contribution is -2.37. The molecule has 0 aliphatic carbocycles. The lowest BCUT2D eigenvalue weighted by atomic mass is 10.2. The minimum atomic E-state index is -0.656. The summed E-state index contributed by atoms with van der Waals surface area (Å²) in [5.41, 5.74) is 0.952. The first-order chi connectivity index (χ1) is 7.65. The van der Waals surface area contributed by atoms with E-state index >= 15 is 0 Å². The first kappa shape index (κ1) is 12.2. The fraction of sp³-hybridized carbons (Fsp3) is 0.455. The summed E-state index contributed by atoms with van der Waals surface area (Å²) in [6.45, 7) is 2.38. The zero-order valence-electron chi connectivity index (χ0n) is 8.79. The molecule has 0 bridgehead atoms. The minimum Gasteiger partial charge on any atom is -0.297 e. The summed E-state index contributed by atoms with van der Waals surface area (Å²) in [5, 5.41) is 0. The zero-order valence-corrected chi connectivity index (χ0v) is 11.2. The van der Waals surface area contributed by atoms with Crippen LogP contribution in [0.3, 0.4) is 0 Å². The smallest absolute Gasteiger partial charge is 0.123 e.